The van der Waals surface area contributed by atoms with E-state index >= 15 is 0 Å². The number of rotatable bonds is 5. The third-order valence-corrected chi connectivity index (χ3v) is 3.83. The molecule has 20 heavy (non-hydrogen) atoms. The maximum absolute atomic E-state index is 10.2. The number of aliphatic hydroxyl groups excluding tert-OH is 2. The second-order valence-electron chi connectivity index (χ2n) is 5.37. The van der Waals surface area contributed by atoms with E-state index in [1.165, 1.54) is 0 Å². The zero-order valence-electron chi connectivity index (χ0n) is 11.7. The second-order valence-corrected chi connectivity index (χ2v) is 5.80. The molecule has 0 amide bonds. The van der Waals surface area contributed by atoms with Crippen LogP contribution in [0.5, 0.6) is 0 Å². The molecular formula is C15H22ClNO3. The lowest BCUT2D eigenvalue weighted by Gasteiger charge is -2.36. The molecule has 0 radical (unpaired) electrons. The van der Waals surface area contributed by atoms with Gasteiger partial charge in [-0.1, -0.05) is 23.7 Å². The van der Waals surface area contributed by atoms with E-state index in [-0.39, 0.29) is 18.8 Å². The van der Waals surface area contributed by atoms with Crippen LogP contribution in [0.4, 0.5) is 0 Å². The minimum atomic E-state index is -0.488. The van der Waals surface area contributed by atoms with Crippen molar-refractivity contribution < 1.29 is 14.9 Å². The molecule has 1 saturated heterocycles. The summed E-state index contributed by atoms with van der Waals surface area (Å²) in [5.41, 5.74) is 0.884. The van der Waals surface area contributed by atoms with Crippen molar-refractivity contribution in [3.05, 3.63) is 34.9 Å². The first-order chi connectivity index (χ1) is 9.58. The lowest BCUT2D eigenvalue weighted by molar-refractivity contribution is -0.0967. The van der Waals surface area contributed by atoms with Crippen molar-refractivity contribution in [1.29, 1.82) is 0 Å². The van der Waals surface area contributed by atoms with Gasteiger partial charge in [0, 0.05) is 24.7 Å². The topological polar surface area (TPSA) is 52.9 Å². The molecule has 1 heterocycles. The third kappa shape index (κ3) is 4.43. The molecule has 4 nitrogen and oxygen atoms in total. The van der Waals surface area contributed by atoms with Gasteiger partial charge in [-0.2, -0.15) is 0 Å². The Morgan fingerprint density at radius 3 is 2.70 bits per heavy atom. The van der Waals surface area contributed by atoms with Gasteiger partial charge in [-0.15, -0.1) is 0 Å². The van der Waals surface area contributed by atoms with Crippen molar-refractivity contribution in [2.24, 2.45) is 0 Å². The Hall–Kier alpha value is -0.650. The molecule has 5 heteroatoms. The van der Waals surface area contributed by atoms with E-state index in [4.69, 9.17) is 16.3 Å². The highest BCUT2D eigenvalue weighted by Crippen LogP contribution is 2.20. The predicted octanol–water partition coefficient (Wildman–Crippen LogP) is 1.85. The number of nitrogens with zero attached hydrogens (tertiary/aromatic N) is 1. The van der Waals surface area contributed by atoms with Gasteiger partial charge < -0.3 is 14.9 Å². The molecule has 0 spiro atoms. The van der Waals surface area contributed by atoms with Crippen molar-refractivity contribution in [3.8, 4) is 0 Å². The normalized spacial score (nSPS) is 25.6. The number of hydrogen-bond donors (Lipinski definition) is 2. The van der Waals surface area contributed by atoms with Crippen LogP contribution in [0.3, 0.4) is 0 Å². The fourth-order valence-corrected chi connectivity index (χ4v) is 2.71. The molecule has 1 aliphatic heterocycles. The Bertz CT molecular complexity index is 412. The molecule has 1 aromatic carbocycles. The highest BCUT2D eigenvalue weighted by atomic mass is 35.5. The molecule has 2 N–H and O–H groups in total. The first-order valence-corrected chi connectivity index (χ1v) is 7.38. The molecule has 112 valence electrons. The highest BCUT2D eigenvalue weighted by molar-refractivity contribution is 6.30. The maximum atomic E-state index is 10.2. The number of aliphatic hydroxyl groups is 2. The van der Waals surface area contributed by atoms with E-state index < -0.39 is 6.10 Å². The van der Waals surface area contributed by atoms with Gasteiger partial charge in [-0.3, -0.25) is 4.90 Å². The van der Waals surface area contributed by atoms with Crippen LogP contribution in [-0.2, 0) is 4.74 Å². The van der Waals surface area contributed by atoms with Gasteiger partial charge in [0.2, 0.25) is 0 Å². The zero-order chi connectivity index (χ0) is 14.5. The molecule has 0 aliphatic carbocycles. The van der Waals surface area contributed by atoms with E-state index in [2.05, 4.69) is 4.90 Å². The zero-order valence-corrected chi connectivity index (χ0v) is 12.5. The van der Waals surface area contributed by atoms with E-state index in [0.29, 0.717) is 18.0 Å². The van der Waals surface area contributed by atoms with Crippen LogP contribution in [0.2, 0.25) is 5.02 Å². The molecule has 0 saturated carbocycles. The van der Waals surface area contributed by atoms with Gasteiger partial charge in [0.1, 0.15) is 0 Å². The predicted molar refractivity (Wildman–Crippen MR) is 78.9 cm³/mol. The van der Waals surface area contributed by atoms with Gasteiger partial charge in [0.05, 0.1) is 24.9 Å². The fraction of sp³-hybridized carbons (Fsp3) is 0.600. The van der Waals surface area contributed by atoms with E-state index in [1.807, 2.05) is 19.1 Å². The second kappa shape index (κ2) is 7.38. The van der Waals surface area contributed by atoms with Crippen LogP contribution in [-0.4, -0.2) is 53.6 Å². The molecule has 0 aromatic heterocycles. The minimum Gasteiger partial charge on any atom is -0.394 e. The largest absolute Gasteiger partial charge is 0.394 e. The molecule has 0 bridgehead atoms. The SMILES string of the molecule is CC1CN(CCC(O)c2ccc(Cl)cc2)CC(CO)O1. The maximum Gasteiger partial charge on any atom is 0.0936 e. The molecule has 1 fully saturated rings. The van der Waals surface area contributed by atoms with Crippen LogP contribution in [0.1, 0.15) is 25.0 Å². The number of ether oxygens (including phenoxy) is 1. The van der Waals surface area contributed by atoms with Gasteiger partial charge in [-0.25, -0.2) is 0 Å². The molecule has 1 aliphatic rings. The first-order valence-electron chi connectivity index (χ1n) is 7.00. The van der Waals surface area contributed by atoms with Gasteiger partial charge >= 0.3 is 0 Å². The highest BCUT2D eigenvalue weighted by Gasteiger charge is 2.24. The Kier molecular flexibility index (Phi) is 5.81. The lowest BCUT2D eigenvalue weighted by Crippen LogP contribution is -2.48. The number of hydrogen-bond acceptors (Lipinski definition) is 4. The van der Waals surface area contributed by atoms with Crippen LogP contribution >= 0.6 is 11.6 Å². The summed E-state index contributed by atoms with van der Waals surface area (Å²) in [6.45, 7) is 4.39. The Morgan fingerprint density at radius 2 is 2.05 bits per heavy atom. The van der Waals surface area contributed by atoms with E-state index in [0.717, 1.165) is 18.7 Å². The summed E-state index contributed by atoms with van der Waals surface area (Å²) in [6, 6.07) is 7.29. The number of morpholine rings is 1. The molecular weight excluding hydrogens is 278 g/mol. The molecule has 1 aromatic rings. The fourth-order valence-electron chi connectivity index (χ4n) is 2.58. The summed E-state index contributed by atoms with van der Waals surface area (Å²) in [5.74, 6) is 0. The quantitative estimate of drug-likeness (QED) is 0.871. The third-order valence-electron chi connectivity index (χ3n) is 3.58. The van der Waals surface area contributed by atoms with Crippen LogP contribution in [0.25, 0.3) is 0 Å². The van der Waals surface area contributed by atoms with Crippen molar-refractivity contribution >= 4 is 11.6 Å². The monoisotopic (exact) mass is 299 g/mol. The summed E-state index contributed by atoms with van der Waals surface area (Å²) in [4.78, 5) is 2.23. The van der Waals surface area contributed by atoms with Crippen molar-refractivity contribution in [1.82, 2.24) is 4.90 Å². The van der Waals surface area contributed by atoms with Crippen LogP contribution < -0.4 is 0 Å². The summed E-state index contributed by atoms with van der Waals surface area (Å²) >= 11 is 5.84. The van der Waals surface area contributed by atoms with Gasteiger partial charge in [0.25, 0.3) is 0 Å². The van der Waals surface area contributed by atoms with Gasteiger partial charge in [0.15, 0.2) is 0 Å². The average molecular weight is 300 g/mol. The summed E-state index contributed by atoms with van der Waals surface area (Å²) in [5, 5.41) is 20.0. The van der Waals surface area contributed by atoms with E-state index in [1.54, 1.807) is 12.1 Å². The lowest BCUT2D eigenvalue weighted by atomic mass is 10.1. The average Bonchev–Trinajstić information content (AvgIpc) is 2.45. The van der Waals surface area contributed by atoms with Crippen molar-refractivity contribution in [3.63, 3.8) is 0 Å². The van der Waals surface area contributed by atoms with Crippen molar-refractivity contribution in [2.45, 2.75) is 31.7 Å². The Labute approximate surface area is 124 Å². The van der Waals surface area contributed by atoms with Gasteiger partial charge in [-0.05, 0) is 31.0 Å². The summed E-state index contributed by atoms with van der Waals surface area (Å²) in [6.07, 6.45) is 0.171. The number of benzene rings is 1. The Balaban J connectivity index is 1.83. The standard InChI is InChI=1S/C15H22ClNO3/c1-11-8-17(9-14(10-18)20-11)7-6-15(19)12-2-4-13(16)5-3-12/h2-5,11,14-15,18-19H,6-10H2,1H3. The Morgan fingerprint density at radius 1 is 1.35 bits per heavy atom. The summed E-state index contributed by atoms with van der Waals surface area (Å²) < 4.78 is 5.60. The summed E-state index contributed by atoms with van der Waals surface area (Å²) in [7, 11) is 0. The smallest absolute Gasteiger partial charge is 0.0936 e. The molecule has 3 unspecified atom stereocenters. The van der Waals surface area contributed by atoms with Crippen LogP contribution in [0.15, 0.2) is 24.3 Å². The number of halogens is 1. The molecule has 2 rings (SSSR count). The molecule has 3 atom stereocenters. The first kappa shape index (κ1) is 15.7. The minimum absolute atomic E-state index is 0.0422. The van der Waals surface area contributed by atoms with Crippen molar-refractivity contribution in [2.75, 3.05) is 26.2 Å². The van der Waals surface area contributed by atoms with Crippen LogP contribution in [0, 0.1) is 0 Å². The van der Waals surface area contributed by atoms with E-state index in [9.17, 15) is 10.2 Å².